The smallest absolute Gasteiger partial charge is 0.250 e. The van der Waals surface area contributed by atoms with Gasteiger partial charge in [0.25, 0.3) is 5.56 Å². The largest absolute Gasteiger partial charge is 0.310 e. The van der Waals surface area contributed by atoms with Crippen LogP contribution in [-0.4, -0.2) is 4.57 Å². The molecule has 0 aliphatic rings. The van der Waals surface area contributed by atoms with Crippen molar-refractivity contribution >= 4 is 42.8 Å². The van der Waals surface area contributed by atoms with E-state index >= 15 is 0 Å². The molecule has 0 aliphatic heterocycles. The number of hydrogen-bond acceptors (Lipinski definition) is 1. The lowest BCUT2D eigenvalue weighted by molar-refractivity contribution is 0.903. The van der Waals surface area contributed by atoms with Crippen LogP contribution in [0.5, 0.6) is 0 Å². The molecule has 0 unspecified atom stereocenters. The number of fused-ring (bicyclic) bond motifs is 1. The highest BCUT2D eigenvalue weighted by molar-refractivity contribution is 9.11. The third-order valence-electron chi connectivity index (χ3n) is 2.17. The molecule has 0 radical (unpaired) electrons. The molecule has 0 saturated carbocycles. The van der Waals surface area contributed by atoms with Gasteiger partial charge in [0.05, 0.1) is 5.52 Å². The fraction of sp³-hybridized carbons (Fsp3) is 0.100. The molecular formula is C10H7Br2NO. The summed E-state index contributed by atoms with van der Waals surface area (Å²) < 4.78 is 3.55. The quantitative estimate of drug-likeness (QED) is 0.732. The summed E-state index contributed by atoms with van der Waals surface area (Å²) in [5.74, 6) is 0. The molecule has 0 fully saturated rings. The van der Waals surface area contributed by atoms with E-state index in [9.17, 15) is 4.79 Å². The minimum atomic E-state index is -0.00343. The third-order valence-corrected chi connectivity index (χ3v) is 3.50. The molecule has 2 rings (SSSR count). The predicted octanol–water partition coefficient (Wildman–Crippen LogP) is 3.06. The Hall–Kier alpha value is -0.610. The average Bonchev–Trinajstić information content (AvgIpc) is 2.16. The first-order chi connectivity index (χ1) is 6.61. The highest BCUT2D eigenvalue weighted by atomic mass is 79.9. The summed E-state index contributed by atoms with van der Waals surface area (Å²) in [6.45, 7) is 0. The summed E-state index contributed by atoms with van der Waals surface area (Å²) in [6, 6.07) is 7.27. The molecule has 4 heteroatoms. The van der Waals surface area contributed by atoms with Crippen LogP contribution in [0.2, 0.25) is 0 Å². The number of aryl methyl sites for hydroxylation is 1. The molecule has 2 nitrogen and oxygen atoms in total. The minimum Gasteiger partial charge on any atom is -0.310 e. The highest BCUT2D eigenvalue weighted by Crippen LogP contribution is 2.28. The fourth-order valence-electron chi connectivity index (χ4n) is 1.43. The van der Waals surface area contributed by atoms with Crippen molar-refractivity contribution in [3.8, 4) is 0 Å². The first-order valence-corrected chi connectivity index (χ1v) is 5.63. The van der Waals surface area contributed by atoms with E-state index in [1.165, 1.54) is 0 Å². The van der Waals surface area contributed by atoms with Crippen molar-refractivity contribution in [1.82, 2.24) is 4.57 Å². The molecule has 0 bridgehead atoms. The van der Waals surface area contributed by atoms with Gasteiger partial charge in [-0.15, -0.1) is 0 Å². The third kappa shape index (κ3) is 1.42. The number of nitrogens with zero attached hydrogens (tertiary/aromatic N) is 1. The van der Waals surface area contributed by atoms with Gasteiger partial charge in [-0.1, -0.05) is 15.9 Å². The molecule has 0 N–H and O–H groups in total. The second kappa shape index (κ2) is 3.51. The SMILES string of the molecule is Cn1c(=O)ccc2c(Br)ccc(Br)c21. The van der Waals surface area contributed by atoms with Crippen LogP contribution < -0.4 is 5.56 Å². The lowest BCUT2D eigenvalue weighted by Gasteiger charge is -2.07. The molecule has 0 atom stereocenters. The molecule has 1 heterocycles. The fourth-order valence-corrected chi connectivity index (χ4v) is 2.50. The first-order valence-electron chi connectivity index (χ1n) is 4.05. The van der Waals surface area contributed by atoms with Crippen LogP contribution in [-0.2, 0) is 7.05 Å². The molecule has 0 spiro atoms. The van der Waals surface area contributed by atoms with Crippen molar-refractivity contribution < 1.29 is 0 Å². The summed E-state index contributed by atoms with van der Waals surface area (Å²) in [5.41, 5.74) is 0.906. The second-order valence-corrected chi connectivity index (χ2v) is 4.73. The summed E-state index contributed by atoms with van der Waals surface area (Å²) >= 11 is 6.89. The molecule has 14 heavy (non-hydrogen) atoms. The first kappa shape index (κ1) is 9.93. The maximum atomic E-state index is 11.4. The Bertz CT molecular complexity index is 560. The summed E-state index contributed by atoms with van der Waals surface area (Å²) in [5, 5.41) is 1.03. The highest BCUT2D eigenvalue weighted by Gasteiger charge is 2.05. The average molecular weight is 317 g/mol. The topological polar surface area (TPSA) is 22.0 Å². The van der Waals surface area contributed by atoms with Crippen LogP contribution >= 0.6 is 31.9 Å². The van der Waals surface area contributed by atoms with E-state index in [0.717, 1.165) is 19.8 Å². The van der Waals surface area contributed by atoms with Gasteiger partial charge in [-0.25, -0.2) is 0 Å². The predicted molar refractivity (Wildman–Crippen MR) is 64.6 cm³/mol. The van der Waals surface area contributed by atoms with Gasteiger partial charge in [-0.2, -0.15) is 0 Å². The molecule has 0 saturated heterocycles. The van der Waals surface area contributed by atoms with Crippen LogP contribution in [0, 0.1) is 0 Å². The Morgan fingerprint density at radius 2 is 1.71 bits per heavy atom. The van der Waals surface area contributed by atoms with E-state index in [1.54, 1.807) is 17.7 Å². The van der Waals surface area contributed by atoms with Crippen LogP contribution in [0.1, 0.15) is 0 Å². The summed E-state index contributed by atoms with van der Waals surface area (Å²) in [7, 11) is 1.77. The molecule has 0 aliphatic carbocycles. The Balaban J connectivity index is 3.08. The van der Waals surface area contributed by atoms with Crippen molar-refractivity contribution in [3.63, 3.8) is 0 Å². The van der Waals surface area contributed by atoms with Gasteiger partial charge in [0.15, 0.2) is 0 Å². The molecule has 1 aromatic heterocycles. The number of hydrogen-bond donors (Lipinski definition) is 0. The van der Waals surface area contributed by atoms with E-state index in [2.05, 4.69) is 31.9 Å². The van der Waals surface area contributed by atoms with E-state index in [4.69, 9.17) is 0 Å². The lowest BCUT2D eigenvalue weighted by Crippen LogP contribution is -2.15. The van der Waals surface area contributed by atoms with E-state index < -0.39 is 0 Å². The van der Waals surface area contributed by atoms with Crippen molar-refractivity contribution in [2.75, 3.05) is 0 Å². The summed E-state index contributed by atoms with van der Waals surface area (Å²) in [6.07, 6.45) is 0. The van der Waals surface area contributed by atoms with Crippen LogP contribution in [0.25, 0.3) is 10.9 Å². The molecule has 2 aromatic rings. The Morgan fingerprint density at radius 3 is 2.43 bits per heavy atom. The van der Waals surface area contributed by atoms with E-state index in [0.29, 0.717) is 0 Å². The lowest BCUT2D eigenvalue weighted by atomic mass is 10.2. The zero-order valence-corrected chi connectivity index (χ0v) is 10.6. The number of halogens is 2. The van der Waals surface area contributed by atoms with Gasteiger partial charge in [-0.05, 0) is 34.1 Å². The zero-order valence-electron chi connectivity index (χ0n) is 7.42. The summed E-state index contributed by atoms with van der Waals surface area (Å²) in [4.78, 5) is 11.4. The van der Waals surface area contributed by atoms with Gasteiger partial charge in [-0.3, -0.25) is 4.79 Å². The number of benzene rings is 1. The van der Waals surface area contributed by atoms with Crippen molar-refractivity contribution in [3.05, 3.63) is 43.6 Å². The zero-order chi connectivity index (χ0) is 10.3. The van der Waals surface area contributed by atoms with Crippen LogP contribution in [0.3, 0.4) is 0 Å². The van der Waals surface area contributed by atoms with E-state index in [-0.39, 0.29) is 5.56 Å². The molecular weight excluding hydrogens is 310 g/mol. The maximum absolute atomic E-state index is 11.4. The van der Waals surface area contributed by atoms with Gasteiger partial charge in [0.1, 0.15) is 0 Å². The van der Waals surface area contributed by atoms with Gasteiger partial charge in [0.2, 0.25) is 0 Å². The van der Waals surface area contributed by atoms with Crippen LogP contribution in [0.15, 0.2) is 38.0 Å². The Morgan fingerprint density at radius 1 is 1.07 bits per heavy atom. The standard InChI is InChI=1S/C10H7Br2NO/c1-13-9(14)5-2-6-7(11)3-4-8(12)10(6)13/h2-5H,1H3. The van der Waals surface area contributed by atoms with Crippen LogP contribution in [0.4, 0.5) is 0 Å². The van der Waals surface area contributed by atoms with Gasteiger partial charge >= 0.3 is 0 Å². The second-order valence-electron chi connectivity index (χ2n) is 3.02. The van der Waals surface area contributed by atoms with Crippen molar-refractivity contribution in [2.24, 2.45) is 7.05 Å². The van der Waals surface area contributed by atoms with Gasteiger partial charge in [0, 0.05) is 27.4 Å². The number of pyridine rings is 1. The Labute approximate surface area is 97.8 Å². The monoisotopic (exact) mass is 315 g/mol. The number of aromatic nitrogens is 1. The molecule has 0 amide bonds. The molecule has 72 valence electrons. The Kier molecular flexibility index (Phi) is 2.49. The minimum absolute atomic E-state index is 0.00343. The van der Waals surface area contributed by atoms with E-state index in [1.807, 2.05) is 18.2 Å². The van der Waals surface area contributed by atoms with Crippen molar-refractivity contribution in [1.29, 1.82) is 0 Å². The number of rotatable bonds is 0. The van der Waals surface area contributed by atoms with Gasteiger partial charge < -0.3 is 4.57 Å². The normalized spacial score (nSPS) is 10.8. The van der Waals surface area contributed by atoms with Crippen molar-refractivity contribution in [2.45, 2.75) is 0 Å². The maximum Gasteiger partial charge on any atom is 0.250 e. The molecule has 1 aromatic carbocycles.